The van der Waals surface area contributed by atoms with E-state index in [-0.39, 0.29) is 5.92 Å². The molecule has 1 fully saturated rings. The molecule has 0 aromatic rings. The largest absolute Gasteiger partial charge is 0.285 e. The lowest BCUT2D eigenvalue weighted by molar-refractivity contribution is 0.279. The molecule has 0 radical (unpaired) electrons. The summed E-state index contributed by atoms with van der Waals surface area (Å²) >= 11 is 0. The van der Waals surface area contributed by atoms with Gasteiger partial charge in [0, 0.05) is 0 Å². The second-order valence-corrected chi connectivity index (χ2v) is 6.01. The molecule has 1 atom stereocenters. The monoisotopic (exact) mass is 206 g/mol. The Morgan fingerprint density at radius 1 is 1.23 bits per heavy atom. The van der Waals surface area contributed by atoms with Crippen LogP contribution in [0.1, 0.15) is 39.5 Å². The lowest BCUT2D eigenvalue weighted by Gasteiger charge is -2.28. The van der Waals surface area contributed by atoms with Crippen LogP contribution in [0, 0.1) is 11.8 Å². The predicted molar refractivity (Wildman–Crippen MR) is 52.1 cm³/mol. The van der Waals surface area contributed by atoms with Crippen molar-refractivity contribution >= 4 is 10.1 Å². The molecule has 1 rings (SSSR count). The molecule has 1 saturated carbocycles. The highest BCUT2D eigenvalue weighted by Crippen LogP contribution is 2.32. The lowest BCUT2D eigenvalue weighted by Crippen LogP contribution is -2.29. The summed E-state index contributed by atoms with van der Waals surface area (Å²) < 4.78 is 30.6. The molecular weight excluding hydrogens is 188 g/mol. The average Bonchev–Trinajstić information content (AvgIpc) is 2.03. The summed E-state index contributed by atoms with van der Waals surface area (Å²) in [6.45, 7) is 3.80. The fourth-order valence-corrected chi connectivity index (χ4v) is 2.76. The molecule has 0 heterocycles. The third-order valence-corrected chi connectivity index (χ3v) is 4.52. The third kappa shape index (κ3) is 2.95. The first-order chi connectivity index (χ1) is 5.91. The summed E-state index contributed by atoms with van der Waals surface area (Å²) in [5, 5.41) is -0.583. The van der Waals surface area contributed by atoms with Gasteiger partial charge in [-0.1, -0.05) is 19.8 Å². The van der Waals surface area contributed by atoms with Gasteiger partial charge in [0.05, 0.1) is 5.25 Å². The number of rotatable bonds is 2. The molecule has 78 valence electrons. The highest BCUT2D eigenvalue weighted by Gasteiger charge is 2.30. The van der Waals surface area contributed by atoms with Crippen LogP contribution < -0.4 is 0 Å². The molecule has 1 unspecified atom stereocenters. The summed E-state index contributed by atoms with van der Waals surface area (Å²) in [4.78, 5) is 0. The van der Waals surface area contributed by atoms with Gasteiger partial charge in [0.25, 0.3) is 10.1 Å². The summed E-state index contributed by atoms with van der Waals surface area (Å²) in [6.07, 6.45) is 4.04. The highest BCUT2D eigenvalue weighted by atomic mass is 32.2. The maximum absolute atomic E-state index is 10.9. The Hall–Kier alpha value is -0.0900. The second-order valence-electron chi connectivity index (χ2n) is 4.24. The van der Waals surface area contributed by atoms with Crippen LogP contribution in [0.4, 0.5) is 0 Å². The van der Waals surface area contributed by atoms with Crippen molar-refractivity contribution in [2.45, 2.75) is 44.8 Å². The second kappa shape index (κ2) is 3.96. The summed E-state index contributed by atoms with van der Waals surface area (Å²) in [5.74, 6) is 0.871. The van der Waals surface area contributed by atoms with E-state index < -0.39 is 15.4 Å². The zero-order valence-electron chi connectivity index (χ0n) is 8.23. The van der Waals surface area contributed by atoms with E-state index in [1.807, 2.05) is 0 Å². The first kappa shape index (κ1) is 11.0. The molecule has 0 aliphatic heterocycles. The van der Waals surface area contributed by atoms with Crippen molar-refractivity contribution < 1.29 is 13.0 Å². The van der Waals surface area contributed by atoms with E-state index in [0.29, 0.717) is 5.92 Å². The molecule has 0 bridgehead atoms. The molecule has 0 saturated heterocycles. The van der Waals surface area contributed by atoms with Gasteiger partial charge in [0.15, 0.2) is 0 Å². The molecule has 1 N–H and O–H groups in total. The Balaban J connectivity index is 2.55. The van der Waals surface area contributed by atoms with Crippen LogP contribution in [0.25, 0.3) is 0 Å². The minimum absolute atomic E-state index is 0.159. The average molecular weight is 206 g/mol. The van der Waals surface area contributed by atoms with Gasteiger partial charge in [-0.15, -0.1) is 0 Å². The molecule has 1 aliphatic rings. The van der Waals surface area contributed by atoms with Gasteiger partial charge in [0.2, 0.25) is 0 Å². The van der Waals surface area contributed by atoms with Crippen LogP contribution in [0.3, 0.4) is 0 Å². The molecule has 0 aromatic carbocycles. The van der Waals surface area contributed by atoms with Gasteiger partial charge in [-0.05, 0) is 31.6 Å². The van der Waals surface area contributed by atoms with E-state index in [4.69, 9.17) is 4.55 Å². The number of hydrogen-bond donors (Lipinski definition) is 1. The summed E-state index contributed by atoms with van der Waals surface area (Å²) in [5.41, 5.74) is 0. The number of hydrogen-bond acceptors (Lipinski definition) is 2. The Morgan fingerprint density at radius 2 is 1.69 bits per heavy atom. The van der Waals surface area contributed by atoms with Crippen molar-refractivity contribution in [2.75, 3.05) is 0 Å². The van der Waals surface area contributed by atoms with Gasteiger partial charge in [0.1, 0.15) is 0 Å². The van der Waals surface area contributed by atoms with Gasteiger partial charge in [-0.25, -0.2) is 0 Å². The van der Waals surface area contributed by atoms with E-state index in [0.717, 1.165) is 25.7 Å². The van der Waals surface area contributed by atoms with Crippen molar-refractivity contribution in [3.8, 4) is 0 Å². The van der Waals surface area contributed by atoms with Gasteiger partial charge in [-0.2, -0.15) is 8.42 Å². The van der Waals surface area contributed by atoms with Crippen molar-refractivity contribution in [3.05, 3.63) is 0 Å². The van der Waals surface area contributed by atoms with E-state index in [1.54, 1.807) is 6.92 Å². The third-order valence-electron chi connectivity index (χ3n) is 3.19. The van der Waals surface area contributed by atoms with Crippen molar-refractivity contribution in [3.63, 3.8) is 0 Å². The van der Waals surface area contributed by atoms with E-state index >= 15 is 0 Å². The van der Waals surface area contributed by atoms with Crippen molar-refractivity contribution in [1.29, 1.82) is 0 Å². The zero-order valence-corrected chi connectivity index (χ0v) is 9.05. The smallest absolute Gasteiger partial charge is 0.267 e. The van der Waals surface area contributed by atoms with E-state index in [1.165, 1.54) is 0 Å². The van der Waals surface area contributed by atoms with Crippen LogP contribution in [0.2, 0.25) is 0 Å². The van der Waals surface area contributed by atoms with Crippen LogP contribution in [-0.4, -0.2) is 18.2 Å². The minimum Gasteiger partial charge on any atom is -0.285 e. The zero-order chi connectivity index (χ0) is 10.1. The molecule has 3 nitrogen and oxygen atoms in total. The first-order valence-corrected chi connectivity index (χ1v) is 6.38. The Bertz CT molecular complexity index is 250. The molecular formula is C9H18O3S. The summed E-state index contributed by atoms with van der Waals surface area (Å²) in [6, 6.07) is 0. The fraction of sp³-hybridized carbons (Fsp3) is 1.00. The predicted octanol–water partition coefficient (Wildman–Crippen LogP) is 2.09. The topological polar surface area (TPSA) is 54.4 Å². The van der Waals surface area contributed by atoms with Crippen molar-refractivity contribution in [1.82, 2.24) is 0 Å². The van der Waals surface area contributed by atoms with E-state index in [2.05, 4.69) is 6.92 Å². The molecule has 13 heavy (non-hydrogen) atoms. The molecule has 4 heteroatoms. The lowest BCUT2D eigenvalue weighted by atomic mass is 9.82. The Labute approximate surface area is 80.3 Å². The quantitative estimate of drug-likeness (QED) is 0.704. The summed E-state index contributed by atoms with van der Waals surface area (Å²) in [7, 11) is -3.82. The molecule has 0 aromatic heterocycles. The molecule has 0 amide bonds. The SMILES string of the molecule is CC1CCC(C(C)S(=O)(=O)O)CC1. The highest BCUT2D eigenvalue weighted by molar-refractivity contribution is 7.86. The van der Waals surface area contributed by atoms with Crippen LogP contribution >= 0.6 is 0 Å². The van der Waals surface area contributed by atoms with E-state index in [9.17, 15) is 8.42 Å². The van der Waals surface area contributed by atoms with Crippen LogP contribution in [0.15, 0.2) is 0 Å². The Morgan fingerprint density at radius 3 is 2.08 bits per heavy atom. The fourth-order valence-electron chi connectivity index (χ4n) is 2.00. The van der Waals surface area contributed by atoms with Gasteiger partial charge >= 0.3 is 0 Å². The van der Waals surface area contributed by atoms with Crippen molar-refractivity contribution in [2.24, 2.45) is 11.8 Å². The first-order valence-electron chi connectivity index (χ1n) is 4.87. The van der Waals surface area contributed by atoms with Crippen LogP contribution in [0.5, 0.6) is 0 Å². The van der Waals surface area contributed by atoms with Gasteiger partial charge < -0.3 is 0 Å². The molecule has 1 aliphatic carbocycles. The maximum Gasteiger partial charge on any atom is 0.267 e. The molecule has 0 spiro atoms. The van der Waals surface area contributed by atoms with Crippen LogP contribution in [-0.2, 0) is 10.1 Å². The standard InChI is InChI=1S/C9H18O3S/c1-7-3-5-9(6-4-7)8(2)13(10,11)12/h7-9H,3-6H2,1-2H3,(H,10,11,12). The normalized spacial score (nSPS) is 32.8. The maximum atomic E-state index is 10.9. The Kier molecular flexibility index (Phi) is 3.35. The van der Waals surface area contributed by atoms with Gasteiger partial charge in [-0.3, -0.25) is 4.55 Å². The minimum atomic E-state index is -3.82.